The summed E-state index contributed by atoms with van der Waals surface area (Å²) in [5, 5.41) is 2.87. The van der Waals surface area contributed by atoms with Gasteiger partial charge in [-0.05, 0) is 63.6 Å². The first-order chi connectivity index (χ1) is 23.8. The van der Waals surface area contributed by atoms with E-state index in [2.05, 4.69) is 75.6 Å². The molecule has 50 heavy (non-hydrogen) atoms. The molecule has 0 fully saturated rings. The van der Waals surface area contributed by atoms with E-state index in [0.717, 1.165) is 38.2 Å². The number of carbonyl (C=O) groups excluding carboxylic acids is 1. The molecule has 1 unspecified atom stereocenters. The number of fused-ring (bicyclic) bond motifs is 1. The van der Waals surface area contributed by atoms with Crippen molar-refractivity contribution in [2.75, 3.05) is 26.5 Å². The minimum absolute atomic E-state index is 0.0386. The highest BCUT2D eigenvalue weighted by atomic mass is 31.2. The van der Waals surface area contributed by atoms with Crippen LogP contribution in [0.5, 0.6) is 0 Å². The third-order valence-corrected chi connectivity index (χ3v) is 17.2. The number of halogens is 1. The topological polar surface area (TPSA) is 66.8 Å². The second-order valence-electron chi connectivity index (χ2n) is 14.2. The van der Waals surface area contributed by atoms with Crippen molar-refractivity contribution in [3.8, 4) is 5.69 Å². The lowest BCUT2D eigenvalue weighted by molar-refractivity contribution is -0.142. The maximum absolute atomic E-state index is 14.9. The van der Waals surface area contributed by atoms with Gasteiger partial charge in [0, 0.05) is 30.0 Å². The summed E-state index contributed by atoms with van der Waals surface area (Å²) < 4.78 is 49.6. The SMILES string of the molecule is COC(=O)C[C@@H](CP(=O)(CCc1c(C(C)C)c2ccccc2n1-c1ccc(F)cc1)OC)O[Si](c1ccccc1)(c1ccccc1)C(C)(C)C. The van der Waals surface area contributed by atoms with Gasteiger partial charge in [0.2, 0.25) is 7.37 Å². The van der Waals surface area contributed by atoms with Gasteiger partial charge in [0.05, 0.1) is 31.3 Å². The lowest BCUT2D eigenvalue weighted by Gasteiger charge is -2.45. The number of esters is 1. The molecular formula is C41H49FNO5PSi. The van der Waals surface area contributed by atoms with E-state index >= 15 is 0 Å². The van der Waals surface area contributed by atoms with Crippen LogP contribution in [0.3, 0.4) is 0 Å². The summed E-state index contributed by atoms with van der Waals surface area (Å²) in [4.78, 5) is 13.0. The Bertz CT molecular complexity index is 1900. The number of nitrogens with zero attached hydrogens (tertiary/aromatic N) is 1. The molecule has 0 saturated heterocycles. The molecular weight excluding hydrogens is 665 g/mol. The predicted molar refractivity (Wildman–Crippen MR) is 205 cm³/mol. The van der Waals surface area contributed by atoms with E-state index in [4.69, 9.17) is 13.7 Å². The molecule has 0 N–H and O–H groups in total. The van der Waals surface area contributed by atoms with Gasteiger partial charge in [-0.2, -0.15) is 0 Å². The van der Waals surface area contributed by atoms with Crippen LogP contribution >= 0.6 is 7.37 Å². The summed E-state index contributed by atoms with van der Waals surface area (Å²) in [6, 6.07) is 35.0. The number of hydrogen-bond donors (Lipinski definition) is 0. The second kappa shape index (κ2) is 15.6. The number of aromatic nitrogens is 1. The largest absolute Gasteiger partial charge is 0.469 e. The predicted octanol–water partition coefficient (Wildman–Crippen LogP) is 8.87. The Labute approximate surface area is 297 Å². The van der Waals surface area contributed by atoms with Gasteiger partial charge in [0.15, 0.2) is 0 Å². The van der Waals surface area contributed by atoms with Crippen LogP contribution in [0.2, 0.25) is 5.04 Å². The summed E-state index contributed by atoms with van der Waals surface area (Å²) in [6.07, 6.45) is -0.109. The maximum atomic E-state index is 14.9. The average molecular weight is 714 g/mol. The van der Waals surface area contributed by atoms with Crippen LogP contribution in [0, 0.1) is 5.82 Å². The zero-order chi connectivity index (χ0) is 36.1. The summed E-state index contributed by atoms with van der Waals surface area (Å²) in [7, 11) is -3.68. The summed E-state index contributed by atoms with van der Waals surface area (Å²) in [5.74, 6) is -0.574. The van der Waals surface area contributed by atoms with Gasteiger partial charge in [0.1, 0.15) is 5.82 Å². The maximum Gasteiger partial charge on any atom is 0.308 e. The first-order valence-corrected chi connectivity index (χ1v) is 21.1. The number of methoxy groups -OCH3 is 1. The van der Waals surface area contributed by atoms with Crippen molar-refractivity contribution in [2.45, 2.75) is 64.5 Å². The molecule has 0 radical (unpaired) electrons. The molecule has 5 aromatic rings. The van der Waals surface area contributed by atoms with Crippen LogP contribution in [0.25, 0.3) is 16.6 Å². The molecule has 2 atom stereocenters. The molecule has 6 nitrogen and oxygen atoms in total. The number of benzene rings is 4. The van der Waals surface area contributed by atoms with E-state index in [9.17, 15) is 13.8 Å². The van der Waals surface area contributed by atoms with Crippen molar-refractivity contribution < 1.29 is 27.4 Å². The molecule has 0 aliphatic rings. The monoisotopic (exact) mass is 713 g/mol. The van der Waals surface area contributed by atoms with Crippen molar-refractivity contribution >= 4 is 42.9 Å². The van der Waals surface area contributed by atoms with Crippen LogP contribution in [0.4, 0.5) is 4.39 Å². The molecule has 0 saturated carbocycles. The fourth-order valence-electron chi connectivity index (χ4n) is 7.29. The number of para-hydroxylation sites is 1. The molecule has 5 rings (SSSR count). The molecule has 264 valence electrons. The lowest BCUT2D eigenvalue weighted by Crippen LogP contribution is -2.68. The van der Waals surface area contributed by atoms with Crippen LogP contribution in [-0.4, -0.2) is 51.5 Å². The quantitative estimate of drug-likeness (QED) is 0.0654. The third kappa shape index (κ3) is 7.74. The highest BCUT2D eigenvalue weighted by Crippen LogP contribution is 2.50. The van der Waals surface area contributed by atoms with Gasteiger partial charge in [-0.1, -0.05) is 113 Å². The lowest BCUT2D eigenvalue weighted by atomic mass is 9.98. The van der Waals surface area contributed by atoms with Gasteiger partial charge in [-0.25, -0.2) is 4.39 Å². The molecule has 0 spiro atoms. The number of ether oxygens (including phenoxy) is 1. The molecule has 1 aromatic heterocycles. The number of carbonyl (C=O) groups is 1. The fraction of sp³-hybridized carbons (Fsp3) is 0.341. The van der Waals surface area contributed by atoms with Gasteiger partial charge in [-0.15, -0.1) is 0 Å². The summed E-state index contributed by atoms with van der Waals surface area (Å²) in [6.45, 7) is 10.8. The normalized spacial score (nSPS) is 14.1. The smallest absolute Gasteiger partial charge is 0.308 e. The fourth-order valence-corrected chi connectivity index (χ4v) is 14.0. The highest BCUT2D eigenvalue weighted by Gasteiger charge is 2.52. The van der Waals surface area contributed by atoms with E-state index < -0.39 is 27.8 Å². The highest BCUT2D eigenvalue weighted by molar-refractivity contribution is 7.59. The number of rotatable bonds is 14. The molecule has 4 aromatic carbocycles. The van der Waals surface area contributed by atoms with Crippen LogP contribution < -0.4 is 10.4 Å². The van der Waals surface area contributed by atoms with Crippen molar-refractivity contribution in [3.05, 3.63) is 126 Å². The van der Waals surface area contributed by atoms with E-state index in [-0.39, 0.29) is 35.5 Å². The second-order valence-corrected chi connectivity index (χ2v) is 21.2. The van der Waals surface area contributed by atoms with Gasteiger partial charge in [0.25, 0.3) is 8.32 Å². The zero-order valence-electron chi connectivity index (χ0n) is 30.2. The van der Waals surface area contributed by atoms with Crippen LogP contribution in [0.15, 0.2) is 109 Å². The molecule has 9 heteroatoms. The minimum Gasteiger partial charge on any atom is -0.469 e. The molecule has 0 aliphatic carbocycles. The zero-order valence-corrected chi connectivity index (χ0v) is 32.1. The van der Waals surface area contributed by atoms with Gasteiger partial charge in [-0.3, -0.25) is 9.36 Å². The van der Waals surface area contributed by atoms with E-state index in [1.807, 2.05) is 48.5 Å². The van der Waals surface area contributed by atoms with E-state index in [1.165, 1.54) is 26.4 Å². The van der Waals surface area contributed by atoms with Gasteiger partial charge < -0.3 is 18.3 Å². The van der Waals surface area contributed by atoms with Crippen molar-refractivity contribution in [3.63, 3.8) is 0 Å². The van der Waals surface area contributed by atoms with Crippen molar-refractivity contribution in [1.82, 2.24) is 4.57 Å². The molecule has 0 bridgehead atoms. The number of hydrogen-bond acceptors (Lipinski definition) is 5. The Kier molecular flexibility index (Phi) is 11.7. The van der Waals surface area contributed by atoms with E-state index in [0.29, 0.717) is 6.42 Å². The first-order valence-electron chi connectivity index (χ1n) is 17.2. The van der Waals surface area contributed by atoms with Crippen LogP contribution in [-0.2, 0) is 29.5 Å². The summed E-state index contributed by atoms with van der Waals surface area (Å²) >= 11 is 0. The van der Waals surface area contributed by atoms with Crippen LogP contribution in [0.1, 0.15) is 58.2 Å². The molecule has 1 heterocycles. The van der Waals surface area contributed by atoms with Gasteiger partial charge >= 0.3 is 5.97 Å². The Morgan fingerprint density at radius 2 is 1.40 bits per heavy atom. The third-order valence-electron chi connectivity index (χ3n) is 9.56. The Balaban J connectivity index is 1.57. The Morgan fingerprint density at radius 3 is 1.92 bits per heavy atom. The molecule has 0 aliphatic heterocycles. The average Bonchev–Trinajstić information content (AvgIpc) is 3.44. The summed E-state index contributed by atoms with van der Waals surface area (Å²) in [5.41, 5.74) is 3.99. The standard InChI is InChI=1S/C41H49FNO5PSi/c1-30(2)40-36-20-14-15-21-37(36)43(32-24-22-31(42)23-25-32)38(40)26-27-49(45,47-7)29-33(28-39(44)46-6)48-50(41(3,4)5,34-16-10-8-11-17-34)35-18-12-9-13-19-35/h8-25,30,33H,26-29H2,1-7H3/t33-,49?/m0/s1. The molecule has 0 amide bonds. The van der Waals surface area contributed by atoms with Crippen molar-refractivity contribution in [2.24, 2.45) is 0 Å². The Morgan fingerprint density at radius 1 is 0.840 bits per heavy atom. The van der Waals surface area contributed by atoms with E-state index in [1.54, 1.807) is 12.1 Å². The van der Waals surface area contributed by atoms with Crippen molar-refractivity contribution in [1.29, 1.82) is 0 Å². The first kappa shape index (κ1) is 37.4. The minimum atomic E-state index is -3.41. The Hall–Kier alpha value is -3.81.